The minimum atomic E-state index is -0.132. The third-order valence-corrected chi connectivity index (χ3v) is 5.06. The molecule has 0 bridgehead atoms. The number of anilines is 2. The van der Waals surface area contributed by atoms with E-state index >= 15 is 0 Å². The van der Waals surface area contributed by atoms with Crippen molar-refractivity contribution in [1.82, 2.24) is 14.9 Å². The predicted octanol–water partition coefficient (Wildman–Crippen LogP) is 2.47. The van der Waals surface area contributed by atoms with Crippen LogP contribution >= 0.6 is 0 Å². The number of hydrogen-bond acceptors (Lipinski definition) is 6. The highest BCUT2D eigenvalue weighted by atomic mass is 16.2. The first kappa shape index (κ1) is 19.7. The van der Waals surface area contributed by atoms with E-state index in [1.54, 1.807) is 48.8 Å². The van der Waals surface area contributed by atoms with Gasteiger partial charge in [-0.05, 0) is 18.2 Å². The maximum atomic E-state index is 12.8. The van der Waals surface area contributed by atoms with Gasteiger partial charge < -0.3 is 10.2 Å². The van der Waals surface area contributed by atoms with Crippen molar-refractivity contribution in [3.63, 3.8) is 0 Å². The van der Waals surface area contributed by atoms with Gasteiger partial charge in [0.2, 0.25) is 11.9 Å². The second kappa shape index (κ2) is 9.28. The summed E-state index contributed by atoms with van der Waals surface area (Å²) in [5.74, 6) is 0.477. The zero-order chi connectivity index (χ0) is 20.8. The van der Waals surface area contributed by atoms with Crippen LogP contribution in [0.1, 0.15) is 15.9 Å². The second-order valence-electron chi connectivity index (χ2n) is 7.10. The molecule has 1 aliphatic rings. The van der Waals surface area contributed by atoms with Crippen molar-refractivity contribution >= 4 is 23.3 Å². The van der Waals surface area contributed by atoms with E-state index in [0.29, 0.717) is 16.8 Å². The Bertz CT molecular complexity index is 1000. The van der Waals surface area contributed by atoms with Crippen molar-refractivity contribution in [2.75, 3.05) is 42.9 Å². The van der Waals surface area contributed by atoms with Gasteiger partial charge in [0.15, 0.2) is 5.78 Å². The molecule has 3 aromatic rings. The van der Waals surface area contributed by atoms with Gasteiger partial charge in [-0.15, -0.1) is 0 Å². The van der Waals surface area contributed by atoms with Crippen molar-refractivity contribution in [3.8, 4) is 0 Å². The summed E-state index contributed by atoms with van der Waals surface area (Å²) >= 11 is 0. The molecule has 0 spiro atoms. The third-order valence-electron chi connectivity index (χ3n) is 5.06. The molecular weight excluding hydrogens is 378 g/mol. The third kappa shape index (κ3) is 4.69. The number of benzene rings is 2. The monoisotopic (exact) mass is 401 g/mol. The highest BCUT2D eigenvalue weighted by Gasteiger charge is 2.21. The highest BCUT2D eigenvalue weighted by Crippen LogP contribution is 2.19. The molecule has 7 nitrogen and oxygen atoms in total. The second-order valence-corrected chi connectivity index (χ2v) is 7.10. The van der Waals surface area contributed by atoms with Crippen LogP contribution in [0.2, 0.25) is 0 Å². The Labute approximate surface area is 175 Å². The van der Waals surface area contributed by atoms with Crippen LogP contribution in [-0.4, -0.2) is 59.3 Å². The van der Waals surface area contributed by atoms with Crippen molar-refractivity contribution < 1.29 is 9.59 Å². The van der Waals surface area contributed by atoms with E-state index in [1.807, 2.05) is 24.3 Å². The first-order chi connectivity index (χ1) is 14.7. The first-order valence-corrected chi connectivity index (χ1v) is 9.93. The Balaban J connectivity index is 1.36. The van der Waals surface area contributed by atoms with E-state index in [4.69, 9.17) is 0 Å². The number of hydrogen-bond donors (Lipinski definition) is 1. The maximum Gasteiger partial charge on any atom is 0.238 e. The van der Waals surface area contributed by atoms with Crippen LogP contribution in [0.5, 0.6) is 0 Å². The van der Waals surface area contributed by atoms with Crippen molar-refractivity contribution in [1.29, 1.82) is 0 Å². The molecule has 1 aromatic heterocycles. The van der Waals surface area contributed by atoms with Gasteiger partial charge in [-0.1, -0.05) is 42.5 Å². The van der Waals surface area contributed by atoms with Crippen molar-refractivity contribution in [2.24, 2.45) is 0 Å². The summed E-state index contributed by atoms with van der Waals surface area (Å²) in [5.41, 5.74) is 1.62. The minimum absolute atomic E-state index is 0.108. The summed E-state index contributed by atoms with van der Waals surface area (Å²) in [6, 6.07) is 18.0. The Kier molecular flexibility index (Phi) is 6.10. The molecule has 7 heteroatoms. The number of carbonyl (C=O) groups excluding carboxylic acids is 2. The fraction of sp³-hybridized carbons (Fsp3) is 0.217. The molecule has 4 rings (SSSR count). The summed E-state index contributed by atoms with van der Waals surface area (Å²) in [6.07, 6.45) is 3.46. The molecule has 1 saturated heterocycles. The lowest BCUT2D eigenvalue weighted by Gasteiger charge is -2.34. The molecule has 0 saturated carbocycles. The standard InChI is InChI=1S/C23H23N5O2/c29-21(17-27-13-15-28(16-14-27)23-24-11-6-12-25-23)26-20-10-5-4-9-19(20)22(30)18-7-2-1-3-8-18/h1-12H,13-17H2,(H,26,29). The first-order valence-electron chi connectivity index (χ1n) is 9.93. The SMILES string of the molecule is O=C(CN1CCN(c2ncccn2)CC1)Nc1ccccc1C(=O)c1ccccc1. The molecule has 2 aromatic carbocycles. The maximum absolute atomic E-state index is 12.8. The van der Waals surface area contributed by atoms with Crippen LogP contribution in [0.4, 0.5) is 11.6 Å². The Morgan fingerprint density at radius 3 is 2.23 bits per heavy atom. The molecule has 1 aliphatic heterocycles. The lowest BCUT2D eigenvalue weighted by molar-refractivity contribution is -0.117. The molecule has 0 radical (unpaired) electrons. The zero-order valence-electron chi connectivity index (χ0n) is 16.6. The van der Waals surface area contributed by atoms with E-state index < -0.39 is 0 Å². The number of amides is 1. The van der Waals surface area contributed by atoms with E-state index in [2.05, 4.69) is 25.1 Å². The van der Waals surface area contributed by atoms with Gasteiger partial charge in [-0.3, -0.25) is 14.5 Å². The quantitative estimate of drug-likeness (QED) is 0.640. The molecular formula is C23H23N5O2. The molecule has 1 fully saturated rings. The number of aromatic nitrogens is 2. The lowest BCUT2D eigenvalue weighted by atomic mass is 10.0. The van der Waals surface area contributed by atoms with E-state index in [-0.39, 0.29) is 18.2 Å². The molecule has 30 heavy (non-hydrogen) atoms. The Hall–Kier alpha value is -3.58. The summed E-state index contributed by atoms with van der Waals surface area (Å²) in [6.45, 7) is 3.30. The zero-order valence-corrected chi connectivity index (χ0v) is 16.6. The summed E-state index contributed by atoms with van der Waals surface area (Å²) in [7, 11) is 0. The molecule has 1 amide bonds. The number of rotatable bonds is 6. The van der Waals surface area contributed by atoms with Crippen LogP contribution in [0.15, 0.2) is 73.1 Å². The van der Waals surface area contributed by atoms with Crippen LogP contribution in [0, 0.1) is 0 Å². The number of carbonyl (C=O) groups is 2. The van der Waals surface area contributed by atoms with E-state index in [9.17, 15) is 9.59 Å². The summed E-state index contributed by atoms with van der Waals surface area (Å²) in [5, 5.41) is 2.91. The summed E-state index contributed by atoms with van der Waals surface area (Å²) in [4.78, 5) is 38.2. The van der Waals surface area contributed by atoms with Crippen molar-refractivity contribution in [3.05, 3.63) is 84.2 Å². The number of piperazine rings is 1. The number of nitrogens with one attached hydrogen (secondary N) is 1. The van der Waals surface area contributed by atoms with Crippen LogP contribution in [0.25, 0.3) is 0 Å². The largest absolute Gasteiger partial charge is 0.338 e. The summed E-state index contributed by atoms with van der Waals surface area (Å²) < 4.78 is 0. The Morgan fingerprint density at radius 1 is 0.833 bits per heavy atom. The fourth-order valence-electron chi connectivity index (χ4n) is 3.49. The molecule has 1 N–H and O–H groups in total. The van der Waals surface area contributed by atoms with Crippen LogP contribution in [-0.2, 0) is 4.79 Å². The van der Waals surface area contributed by atoms with Gasteiger partial charge in [0.1, 0.15) is 0 Å². The molecule has 2 heterocycles. The van der Waals surface area contributed by atoms with Gasteiger partial charge in [0, 0.05) is 49.7 Å². The van der Waals surface area contributed by atoms with E-state index in [1.165, 1.54) is 0 Å². The van der Waals surface area contributed by atoms with Crippen LogP contribution in [0.3, 0.4) is 0 Å². The fourth-order valence-corrected chi connectivity index (χ4v) is 3.49. The van der Waals surface area contributed by atoms with Gasteiger partial charge in [-0.2, -0.15) is 0 Å². The average Bonchev–Trinajstić information content (AvgIpc) is 2.80. The number of ketones is 1. The van der Waals surface area contributed by atoms with Gasteiger partial charge in [-0.25, -0.2) is 9.97 Å². The average molecular weight is 401 g/mol. The topological polar surface area (TPSA) is 78.4 Å². The van der Waals surface area contributed by atoms with Gasteiger partial charge >= 0.3 is 0 Å². The lowest BCUT2D eigenvalue weighted by Crippen LogP contribution is -2.49. The minimum Gasteiger partial charge on any atom is -0.338 e. The van der Waals surface area contributed by atoms with E-state index in [0.717, 1.165) is 32.1 Å². The van der Waals surface area contributed by atoms with Crippen molar-refractivity contribution in [2.45, 2.75) is 0 Å². The van der Waals surface area contributed by atoms with Crippen LogP contribution < -0.4 is 10.2 Å². The normalized spacial score (nSPS) is 14.3. The molecule has 0 aliphatic carbocycles. The highest BCUT2D eigenvalue weighted by molar-refractivity contribution is 6.13. The predicted molar refractivity (Wildman–Crippen MR) is 116 cm³/mol. The smallest absolute Gasteiger partial charge is 0.238 e. The molecule has 0 unspecified atom stereocenters. The Morgan fingerprint density at radius 2 is 1.50 bits per heavy atom. The number of nitrogens with zero attached hydrogens (tertiary/aromatic N) is 4. The van der Waals surface area contributed by atoms with Gasteiger partial charge in [0.25, 0.3) is 0 Å². The van der Waals surface area contributed by atoms with Gasteiger partial charge in [0.05, 0.1) is 12.2 Å². The molecule has 152 valence electrons. The molecule has 0 atom stereocenters. The number of para-hydroxylation sites is 1.